The van der Waals surface area contributed by atoms with E-state index in [4.69, 9.17) is 0 Å². The average Bonchev–Trinajstić information content (AvgIpc) is 3.82. The second-order valence-corrected chi connectivity index (χ2v) is 15.3. The van der Waals surface area contributed by atoms with E-state index in [1.54, 1.807) is 0 Å². The molecule has 2 aliphatic rings. The third kappa shape index (κ3) is 6.33. The lowest BCUT2D eigenvalue weighted by atomic mass is 9.79. The fourth-order valence-electron chi connectivity index (χ4n) is 8.44. The first-order valence-electron chi connectivity index (χ1n) is 16.7. The van der Waals surface area contributed by atoms with Gasteiger partial charge in [0.15, 0.2) is 0 Å². The van der Waals surface area contributed by atoms with Gasteiger partial charge in [0, 0.05) is 24.9 Å². The van der Waals surface area contributed by atoms with E-state index in [9.17, 15) is 10.2 Å². The van der Waals surface area contributed by atoms with Crippen LogP contribution in [-0.4, -0.2) is 61.3 Å². The summed E-state index contributed by atoms with van der Waals surface area (Å²) >= 11 is 0. The monoisotopic (exact) mass is 618 g/mol. The minimum Gasteiger partial charge on any atom is -0.380 e. The Morgan fingerprint density at radius 2 is 0.674 bits per heavy atom. The number of aliphatic hydroxyl groups is 2. The Hall–Kier alpha value is -3.28. The molecule has 2 N–H and O–H groups in total. The van der Waals surface area contributed by atoms with E-state index in [1.807, 2.05) is 121 Å². The Morgan fingerprint density at radius 1 is 0.457 bits per heavy atom. The predicted octanol–water partition coefficient (Wildman–Crippen LogP) is 7.51. The lowest BCUT2D eigenvalue weighted by Crippen LogP contribution is -2.33. The molecule has 4 atom stereocenters. The molecule has 0 amide bonds. The van der Waals surface area contributed by atoms with Gasteiger partial charge in [-0.05, 0) is 73.1 Å². The van der Waals surface area contributed by atoms with Crippen molar-refractivity contribution in [1.29, 1.82) is 0 Å². The molecule has 0 radical (unpaired) electrons. The summed E-state index contributed by atoms with van der Waals surface area (Å²) < 4.78 is 0. The maximum absolute atomic E-state index is 11.9. The summed E-state index contributed by atoms with van der Waals surface area (Å²) in [4.78, 5) is 4.45. The highest BCUT2D eigenvalue weighted by molar-refractivity contribution is 5.42. The molecule has 0 bridgehead atoms. The fraction of sp³-hybridized carbons (Fsp3) is 0.429. The van der Waals surface area contributed by atoms with Gasteiger partial charge in [0.25, 0.3) is 0 Å². The molecule has 4 heteroatoms. The van der Waals surface area contributed by atoms with Crippen LogP contribution in [0, 0.1) is 34.5 Å². The van der Waals surface area contributed by atoms with Gasteiger partial charge in [-0.25, -0.2) is 0 Å². The molecule has 4 aromatic carbocycles. The Bertz CT molecular complexity index is 1340. The first kappa shape index (κ1) is 34.1. The Morgan fingerprint density at radius 3 is 0.870 bits per heavy atom. The van der Waals surface area contributed by atoms with Crippen LogP contribution in [-0.2, 0) is 11.2 Å². The molecule has 0 saturated heterocycles. The van der Waals surface area contributed by atoms with Gasteiger partial charge >= 0.3 is 0 Å². The Balaban J connectivity index is 0.000000181. The van der Waals surface area contributed by atoms with E-state index < -0.39 is 11.2 Å². The molecule has 2 aliphatic carbocycles. The summed E-state index contributed by atoms with van der Waals surface area (Å²) in [5.74, 6) is 1.37. The van der Waals surface area contributed by atoms with Crippen molar-refractivity contribution in [3.8, 4) is 0 Å². The molecule has 4 nitrogen and oxygen atoms in total. The summed E-state index contributed by atoms with van der Waals surface area (Å²) in [6.45, 7) is 11.1. The van der Waals surface area contributed by atoms with Gasteiger partial charge in [-0.2, -0.15) is 0 Å². The number of rotatable bonds is 10. The van der Waals surface area contributed by atoms with Gasteiger partial charge < -0.3 is 20.0 Å². The Kier molecular flexibility index (Phi) is 9.69. The van der Waals surface area contributed by atoms with Crippen LogP contribution in [0.15, 0.2) is 121 Å². The van der Waals surface area contributed by atoms with Crippen molar-refractivity contribution in [1.82, 2.24) is 9.80 Å². The third-order valence-corrected chi connectivity index (χ3v) is 11.0. The van der Waals surface area contributed by atoms with Crippen LogP contribution < -0.4 is 0 Å². The zero-order chi connectivity index (χ0) is 33.3. The maximum Gasteiger partial charge on any atom is 0.118 e. The van der Waals surface area contributed by atoms with E-state index >= 15 is 0 Å². The molecule has 6 rings (SSSR count). The SMILES string of the molecule is CN(C)C[C@H]1[C@@H](C(O)(c2ccccc2)c2ccccc2)C1(C)C.CN(C)C[C@H]1[C@@H](C(O)(c2ccccc2)c2ccccc2)C1(C)C. The van der Waals surface area contributed by atoms with Crippen LogP contribution in [0.4, 0.5) is 0 Å². The molecule has 0 spiro atoms. The molecule has 0 aliphatic heterocycles. The fourth-order valence-corrected chi connectivity index (χ4v) is 8.44. The van der Waals surface area contributed by atoms with Gasteiger partial charge in [0.1, 0.15) is 11.2 Å². The Labute approximate surface area is 277 Å². The van der Waals surface area contributed by atoms with Gasteiger partial charge in [0.05, 0.1) is 0 Å². The highest BCUT2D eigenvalue weighted by Crippen LogP contribution is 2.68. The van der Waals surface area contributed by atoms with Crippen LogP contribution >= 0.6 is 0 Å². The van der Waals surface area contributed by atoms with E-state index in [2.05, 4.69) is 65.7 Å². The number of benzene rings is 4. The van der Waals surface area contributed by atoms with Crippen molar-refractivity contribution in [3.05, 3.63) is 144 Å². The summed E-state index contributed by atoms with van der Waals surface area (Å²) in [5, 5.41) is 23.8. The van der Waals surface area contributed by atoms with Crippen LogP contribution in [0.5, 0.6) is 0 Å². The highest BCUT2D eigenvalue weighted by atomic mass is 16.3. The van der Waals surface area contributed by atoms with Crippen LogP contribution in [0.1, 0.15) is 49.9 Å². The standard InChI is InChI=1S/2C21H27NO/c2*1-20(2)18(15-22(3)4)19(20)21(23,16-11-7-5-8-12-16)17-13-9-6-10-14-17/h2*5-14,18-19,23H,15H2,1-4H3/t2*18-,19+/m00/s1. The maximum atomic E-state index is 11.9. The van der Waals surface area contributed by atoms with Crippen molar-refractivity contribution in [2.75, 3.05) is 41.3 Å². The van der Waals surface area contributed by atoms with E-state index in [0.717, 1.165) is 35.3 Å². The van der Waals surface area contributed by atoms with Crippen molar-refractivity contribution in [2.45, 2.75) is 38.9 Å². The van der Waals surface area contributed by atoms with E-state index in [1.165, 1.54) is 0 Å². The molecular weight excluding hydrogens is 564 g/mol. The molecule has 4 aromatic rings. The van der Waals surface area contributed by atoms with Gasteiger partial charge in [-0.15, -0.1) is 0 Å². The molecule has 0 aromatic heterocycles. The smallest absolute Gasteiger partial charge is 0.118 e. The summed E-state index contributed by atoms with van der Waals surface area (Å²) in [5.41, 5.74) is 2.32. The number of hydrogen-bond acceptors (Lipinski definition) is 4. The second kappa shape index (κ2) is 13.1. The average molecular weight is 619 g/mol. The van der Waals surface area contributed by atoms with Crippen molar-refractivity contribution in [2.24, 2.45) is 34.5 Å². The zero-order valence-corrected chi connectivity index (χ0v) is 29.1. The van der Waals surface area contributed by atoms with Gasteiger partial charge in [0.2, 0.25) is 0 Å². The van der Waals surface area contributed by atoms with Gasteiger partial charge in [-0.1, -0.05) is 149 Å². The molecule has 244 valence electrons. The summed E-state index contributed by atoms with van der Waals surface area (Å²) in [7, 11) is 8.43. The summed E-state index contributed by atoms with van der Waals surface area (Å²) in [6.07, 6.45) is 0. The minimum atomic E-state index is -0.938. The molecule has 2 saturated carbocycles. The molecule has 0 unspecified atom stereocenters. The van der Waals surface area contributed by atoms with Crippen LogP contribution in [0.25, 0.3) is 0 Å². The number of hydrogen-bond donors (Lipinski definition) is 2. The van der Waals surface area contributed by atoms with Crippen molar-refractivity contribution in [3.63, 3.8) is 0 Å². The first-order valence-corrected chi connectivity index (χ1v) is 16.7. The lowest BCUT2D eigenvalue weighted by molar-refractivity contribution is 0.0391. The predicted molar refractivity (Wildman–Crippen MR) is 190 cm³/mol. The van der Waals surface area contributed by atoms with Crippen LogP contribution in [0.3, 0.4) is 0 Å². The second-order valence-electron chi connectivity index (χ2n) is 15.3. The lowest BCUT2D eigenvalue weighted by Gasteiger charge is -2.32. The topological polar surface area (TPSA) is 46.9 Å². The van der Waals surface area contributed by atoms with Gasteiger partial charge in [-0.3, -0.25) is 0 Å². The molecule has 0 heterocycles. The van der Waals surface area contributed by atoms with Crippen molar-refractivity contribution < 1.29 is 10.2 Å². The third-order valence-electron chi connectivity index (χ3n) is 11.0. The van der Waals surface area contributed by atoms with Crippen LogP contribution in [0.2, 0.25) is 0 Å². The first-order chi connectivity index (χ1) is 21.8. The molecule has 46 heavy (non-hydrogen) atoms. The van der Waals surface area contributed by atoms with E-state index in [-0.39, 0.29) is 22.7 Å². The summed E-state index contributed by atoms with van der Waals surface area (Å²) in [6, 6.07) is 40.5. The largest absolute Gasteiger partial charge is 0.380 e. The zero-order valence-electron chi connectivity index (χ0n) is 29.1. The van der Waals surface area contributed by atoms with E-state index in [0.29, 0.717) is 11.8 Å². The normalized spacial score (nSPS) is 23.0. The van der Waals surface area contributed by atoms with Crippen molar-refractivity contribution >= 4 is 0 Å². The molecule has 2 fully saturated rings. The number of nitrogens with zero attached hydrogens (tertiary/aromatic N) is 2. The molecular formula is C42H54N2O2. The quantitative estimate of drug-likeness (QED) is 0.193. The highest BCUT2D eigenvalue weighted by Gasteiger charge is 2.68. The minimum absolute atomic E-state index is 0.116.